The quantitative estimate of drug-likeness (QED) is 0.278. The summed E-state index contributed by atoms with van der Waals surface area (Å²) in [6, 6.07) is 9.94. The number of thioether (sulfide) groups is 1. The fourth-order valence-electron chi connectivity index (χ4n) is 5.10. The number of imide groups is 1. The Kier molecular flexibility index (Phi) is 6.64. The molecule has 1 atom stereocenters. The molecule has 0 aliphatic carbocycles. The lowest BCUT2D eigenvalue weighted by Crippen LogP contribution is -2.48. The van der Waals surface area contributed by atoms with Gasteiger partial charge in [-0.2, -0.15) is 0 Å². The third kappa shape index (κ3) is 4.65. The van der Waals surface area contributed by atoms with Crippen LogP contribution in [0.15, 0.2) is 41.3 Å². The molecule has 1 saturated heterocycles. The summed E-state index contributed by atoms with van der Waals surface area (Å²) < 4.78 is 5.69. The Morgan fingerprint density at radius 2 is 1.91 bits per heavy atom. The SMILES string of the molecule is CCN1c2cc(OC)c(/C=C3/SC(=O)N(Cc4ccc([N+](=O)[O-])cc4)C3=O)cc2C(C)CC1(C)C. The highest BCUT2D eigenvalue weighted by molar-refractivity contribution is 8.18. The predicted octanol–water partition coefficient (Wildman–Crippen LogP) is 5.95. The van der Waals surface area contributed by atoms with E-state index in [0.717, 1.165) is 40.9 Å². The highest BCUT2D eigenvalue weighted by Gasteiger charge is 2.38. The fourth-order valence-corrected chi connectivity index (χ4v) is 5.93. The van der Waals surface area contributed by atoms with Gasteiger partial charge in [-0.05, 0) is 68.1 Å². The molecule has 0 radical (unpaired) electrons. The van der Waals surface area contributed by atoms with Crippen LogP contribution in [-0.2, 0) is 11.3 Å². The van der Waals surface area contributed by atoms with Crippen LogP contribution in [-0.4, -0.2) is 40.2 Å². The molecule has 4 rings (SSSR count). The zero-order chi connectivity index (χ0) is 25.5. The van der Waals surface area contributed by atoms with E-state index in [2.05, 4.69) is 38.7 Å². The Hall–Kier alpha value is -3.33. The zero-order valence-corrected chi connectivity index (χ0v) is 21.3. The number of amides is 2. The van der Waals surface area contributed by atoms with E-state index in [4.69, 9.17) is 4.74 Å². The zero-order valence-electron chi connectivity index (χ0n) is 20.5. The minimum absolute atomic E-state index is 0.0220. The van der Waals surface area contributed by atoms with E-state index in [1.54, 1.807) is 25.3 Å². The average Bonchev–Trinajstić information content (AvgIpc) is 3.06. The number of rotatable bonds is 6. The van der Waals surface area contributed by atoms with Crippen LogP contribution in [0.4, 0.5) is 16.2 Å². The van der Waals surface area contributed by atoms with E-state index in [9.17, 15) is 19.7 Å². The normalized spacial score (nSPS) is 20.4. The van der Waals surface area contributed by atoms with Crippen LogP contribution < -0.4 is 9.64 Å². The number of hydrogen-bond donors (Lipinski definition) is 0. The van der Waals surface area contributed by atoms with Crippen molar-refractivity contribution in [2.45, 2.75) is 52.1 Å². The topological polar surface area (TPSA) is 93.0 Å². The maximum Gasteiger partial charge on any atom is 0.293 e. The van der Waals surface area contributed by atoms with E-state index in [1.165, 1.54) is 17.7 Å². The van der Waals surface area contributed by atoms with Gasteiger partial charge < -0.3 is 9.64 Å². The third-order valence-corrected chi connectivity index (χ3v) is 7.61. The Labute approximate surface area is 209 Å². The lowest BCUT2D eigenvalue weighted by Gasteiger charge is -2.47. The van der Waals surface area contributed by atoms with Crippen LogP contribution in [0, 0.1) is 10.1 Å². The Bertz CT molecular complexity index is 1220. The van der Waals surface area contributed by atoms with E-state index in [1.807, 2.05) is 6.07 Å². The number of nitro groups is 1. The van der Waals surface area contributed by atoms with E-state index in [-0.39, 0.29) is 28.9 Å². The summed E-state index contributed by atoms with van der Waals surface area (Å²) in [4.78, 5) is 40.0. The predicted molar refractivity (Wildman–Crippen MR) is 138 cm³/mol. The largest absolute Gasteiger partial charge is 0.496 e. The Morgan fingerprint density at radius 3 is 2.51 bits per heavy atom. The molecule has 0 saturated carbocycles. The van der Waals surface area contributed by atoms with Gasteiger partial charge in [0.15, 0.2) is 0 Å². The van der Waals surface area contributed by atoms with Crippen molar-refractivity contribution >= 4 is 40.4 Å². The number of carbonyl (C=O) groups is 2. The smallest absolute Gasteiger partial charge is 0.293 e. The van der Waals surface area contributed by atoms with Gasteiger partial charge in [-0.25, -0.2) is 0 Å². The van der Waals surface area contributed by atoms with Crippen molar-refractivity contribution in [1.82, 2.24) is 4.90 Å². The van der Waals surface area contributed by atoms with Crippen molar-refractivity contribution in [2.24, 2.45) is 0 Å². The molecule has 1 fully saturated rings. The van der Waals surface area contributed by atoms with Gasteiger partial charge in [-0.1, -0.05) is 19.1 Å². The molecule has 2 aliphatic rings. The maximum atomic E-state index is 13.1. The van der Waals surface area contributed by atoms with Gasteiger partial charge in [0.1, 0.15) is 5.75 Å². The Balaban J connectivity index is 1.64. The maximum absolute atomic E-state index is 13.1. The number of anilines is 1. The summed E-state index contributed by atoms with van der Waals surface area (Å²) in [5.74, 6) is 0.592. The molecule has 35 heavy (non-hydrogen) atoms. The van der Waals surface area contributed by atoms with Gasteiger partial charge in [0.05, 0.1) is 23.5 Å². The van der Waals surface area contributed by atoms with Gasteiger partial charge in [0, 0.05) is 41.5 Å². The summed E-state index contributed by atoms with van der Waals surface area (Å²) in [6.45, 7) is 9.77. The van der Waals surface area contributed by atoms with Gasteiger partial charge in [-0.15, -0.1) is 0 Å². The second kappa shape index (κ2) is 9.37. The number of non-ortho nitro benzene ring substituents is 1. The Morgan fingerprint density at radius 1 is 1.23 bits per heavy atom. The average molecular weight is 496 g/mol. The van der Waals surface area contributed by atoms with Crippen molar-refractivity contribution < 1.29 is 19.2 Å². The molecule has 2 heterocycles. The minimum atomic E-state index is -0.486. The summed E-state index contributed by atoms with van der Waals surface area (Å²) in [6.07, 6.45) is 2.73. The molecule has 8 nitrogen and oxygen atoms in total. The first kappa shape index (κ1) is 24.8. The number of methoxy groups -OCH3 is 1. The van der Waals surface area contributed by atoms with Crippen molar-refractivity contribution in [3.63, 3.8) is 0 Å². The van der Waals surface area contributed by atoms with Crippen LogP contribution >= 0.6 is 11.8 Å². The number of carbonyl (C=O) groups excluding carboxylic acids is 2. The molecule has 0 N–H and O–H groups in total. The summed E-state index contributed by atoms with van der Waals surface area (Å²) >= 11 is 0.890. The third-order valence-electron chi connectivity index (χ3n) is 6.70. The van der Waals surface area contributed by atoms with E-state index < -0.39 is 4.92 Å². The molecule has 0 bridgehead atoms. The number of ether oxygens (including phenoxy) is 1. The van der Waals surface area contributed by atoms with Crippen molar-refractivity contribution in [2.75, 3.05) is 18.6 Å². The highest BCUT2D eigenvalue weighted by Crippen LogP contribution is 2.46. The molecule has 0 spiro atoms. The van der Waals surface area contributed by atoms with Gasteiger partial charge in [0.25, 0.3) is 16.8 Å². The molecule has 184 valence electrons. The summed E-state index contributed by atoms with van der Waals surface area (Å²) in [5.41, 5.74) is 3.71. The summed E-state index contributed by atoms with van der Waals surface area (Å²) in [7, 11) is 1.60. The lowest BCUT2D eigenvalue weighted by molar-refractivity contribution is -0.384. The van der Waals surface area contributed by atoms with Gasteiger partial charge in [0.2, 0.25) is 0 Å². The number of hydrogen-bond acceptors (Lipinski definition) is 7. The van der Waals surface area contributed by atoms with Crippen LogP contribution in [0.3, 0.4) is 0 Å². The molecule has 2 amide bonds. The van der Waals surface area contributed by atoms with Crippen molar-refractivity contribution in [1.29, 1.82) is 0 Å². The van der Waals surface area contributed by atoms with Crippen LogP contribution in [0.25, 0.3) is 6.08 Å². The van der Waals surface area contributed by atoms with E-state index >= 15 is 0 Å². The number of nitro benzene ring substituents is 1. The lowest BCUT2D eigenvalue weighted by atomic mass is 9.79. The molecule has 2 aromatic rings. The van der Waals surface area contributed by atoms with Crippen molar-refractivity contribution in [3.8, 4) is 5.75 Å². The molecule has 1 unspecified atom stereocenters. The van der Waals surface area contributed by atoms with E-state index in [0.29, 0.717) is 22.1 Å². The van der Waals surface area contributed by atoms with Gasteiger partial charge in [-0.3, -0.25) is 24.6 Å². The first-order chi connectivity index (χ1) is 16.6. The second-order valence-corrected chi connectivity index (χ2v) is 10.5. The fraction of sp³-hybridized carbons (Fsp3) is 0.385. The number of fused-ring (bicyclic) bond motifs is 1. The minimum Gasteiger partial charge on any atom is -0.496 e. The second-order valence-electron chi connectivity index (χ2n) is 9.51. The van der Waals surface area contributed by atoms with Crippen LogP contribution in [0.1, 0.15) is 56.7 Å². The standard InChI is InChI=1S/C26H29N3O5S/c1-6-28-21-13-22(34-5)18(11-20(21)16(2)14-26(28,3)4)12-23-24(30)27(25(31)35-23)15-17-7-9-19(10-8-17)29(32)33/h7-13,16H,6,14-15H2,1-5H3/b23-12+. The molecule has 2 aliphatic heterocycles. The first-order valence-corrected chi connectivity index (χ1v) is 12.4. The highest BCUT2D eigenvalue weighted by atomic mass is 32.2. The molecular formula is C26H29N3O5S. The number of nitrogens with zero attached hydrogens (tertiary/aromatic N) is 3. The van der Waals surface area contributed by atoms with Gasteiger partial charge >= 0.3 is 0 Å². The number of benzene rings is 2. The monoisotopic (exact) mass is 495 g/mol. The molecular weight excluding hydrogens is 466 g/mol. The first-order valence-electron chi connectivity index (χ1n) is 11.5. The summed E-state index contributed by atoms with van der Waals surface area (Å²) in [5, 5.41) is 10.5. The molecule has 2 aromatic carbocycles. The molecule has 0 aromatic heterocycles. The van der Waals surface area contributed by atoms with Crippen LogP contribution in [0.5, 0.6) is 5.75 Å². The van der Waals surface area contributed by atoms with Crippen LogP contribution in [0.2, 0.25) is 0 Å². The molecule has 9 heteroatoms. The van der Waals surface area contributed by atoms with Crippen molar-refractivity contribution in [3.05, 3.63) is 68.1 Å².